The van der Waals surface area contributed by atoms with E-state index < -0.39 is 0 Å². The number of aromatic nitrogens is 1. The monoisotopic (exact) mass is 296 g/mol. The smallest absolute Gasteiger partial charge is 0.129 e. The van der Waals surface area contributed by atoms with Crippen LogP contribution in [0, 0.1) is 12.8 Å². The van der Waals surface area contributed by atoms with Crippen LogP contribution < -0.4 is 4.90 Å². The topological polar surface area (TPSA) is 16.1 Å². The van der Waals surface area contributed by atoms with Crippen LogP contribution in [-0.4, -0.2) is 17.6 Å². The van der Waals surface area contributed by atoms with Crippen LogP contribution in [0.15, 0.2) is 16.6 Å². The molecular weight excluding hydrogens is 276 g/mol. The van der Waals surface area contributed by atoms with Gasteiger partial charge in [-0.15, -0.1) is 0 Å². The Morgan fingerprint density at radius 1 is 1.41 bits per heavy atom. The van der Waals surface area contributed by atoms with E-state index in [0.29, 0.717) is 0 Å². The Labute approximate surface area is 113 Å². The number of hydrogen-bond donors (Lipinski definition) is 0. The van der Waals surface area contributed by atoms with Gasteiger partial charge in [0.25, 0.3) is 0 Å². The minimum absolute atomic E-state index is 0.738. The Bertz CT molecular complexity index is 386. The molecule has 0 aromatic carbocycles. The Hall–Kier alpha value is -0.570. The minimum atomic E-state index is 0.738. The maximum absolute atomic E-state index is 4.69. The first-order valence-electron chi connectivity index (χ1n) is 6.47. The molecule has 0 aliphatic heterocycles. The molecule has 17 heavy (non-hydrogen) atoms. The number of pyridine rings is 1. The van der Waals surface area contributed by atoms with Gasteiger partial charge in [0, 0.05) is 17.1 Å². The normalized spacial score (nSPS) is 15.4. The number of nitrogens with zero attached hydrogens (tertiary/aromatic N) is 2. The summed E-state index contributed by atoms with van der Waals surface area (Å²) in [5.74, 6) is 1.90. The van der Waals surface area contributed by atoms with E-state index in [1.54, 1.807) is 0 Å². The van der Waals surface area contributed by atoms with Crippen molar-refractivity contribution in [3.05, 3.63) is 22.3 Å². The van der Waals surface area contributed by atoms with Gasteiger partial charge in [-0.1, -0.05) is 13.8 Å². The van der Waals surface area contributed by atoms with Gasteiger partial charge in [-0.05, 0) is 60.2 Å². The van der Waals surface area contributed by atoms with Crippen LogP contribution in [0.3, 0.4) is 0 Å². The molecule has 1 heterocycles. The quantitative estimate of drug-likeness (QED) is 0.811. The van der Waals surface area contributed by atoms with Crippen molar-refractivity contribution >= 4 is 21.7 Å². The first-order valence-corrected chi connectivity index (χ1v) is 7.27. The predicted octanol–water partition coefficient (Wildman–Crippen LogP) is 4.17. The molecule has 1 aliphatic rings. The first kappa shape index (κ1) is 12.9. The van der Waals surface area contributed by atoms with E-state index in [1.807, 2.05) is 0 Å². The molecule has 0 N–H and O–H groups in total. The molecule has 1 saturated carbocycles. The van der Waals surface area contributed by atoms with E-state index in [1.165, 1.54) is 19.3 Å². The second-order valence-corrected chi connectivity index (χ2v) is 6.20. The molecule has 0 unspecified atom stereocenters. The molecule has 2 nitrogen and oxygen atoms in total. The number of rotatable bonds is 5. The molecular formula is C14H21BrN2. The summed E-state index contributed by atoms with van der Waals surface area (Å²) in [6, 6.07) is 4.99. The third kappa shape index (κ3) is 3.44. The Balaban J connectivity index is 2.11. The van der Waals surface area contributed by atoms with E-state index in [0.717, 1.165) is 34.5 Å². The zero-order valence-corrected chi connectivity index (χ0v) is 12.5. The highest BCUT2D eigenvalue weighted by molar-refractivity contribution is 9.10. The average Bonchev–Trinajstić information content (AvgIpc) is 3.07. The SMILES string of the molecule is Cc1nc(N(CCC(C)C)C2CC2)ccc1Br. The summed E-state index contributed by atoms with van der Waals surface area (Å²) in [7, 11) is 0. The van der Waals surface area contributed by atoms with Crippen molar-refractivity contribution in [2.24, 2.45) is 5.92 Å². The van der Waals surface area contributed by atoms with E-state index in [-0.39, 0.29) is 0 Å². The van der Waals surface area contributed by atoms with Crippen LogP contribution in [0.1, 0.15) is 38.8 Å². The summed E-state index contributed by atoms with van der Waals surface area (Å²) < 4.78 is 1.10. The zero-order chi connectivity index (χ0) is 12.4. The molecule has 0 saturated heterocycles. The first-order chi connectivity index (χ1) is 8.08. The molecule has 0 amide bonds. The number of halogens is 1. The van der Waals surface area contributed by atoms with E-state index in [2.05, 4.69) is 53.7 Å². The van der Waals surface area contributed by atoms with E-state index in [4.69, 9.17) is 4.98 Å². The lowest BCUT2D eigenvalue weighted by atomic mass is 10.1. The van der Waals surface area contributed by atoms with Crippen LogP contribution in [-0.2, 0) is 0 Å². The zero-order valence-electron chi connectivity index (χ0n) is 10.9. The molecule has 1 fully saturated rings. The molecule has 1 aromatic rings. The van der Waals surface area contributed by atoms with Crippen molar-refractivity contribution in [1.82, 2.24) is 4.98 Å². The van der Waals surface area contributed by atoms with Gasteiger partial charge in [0.05, 0.1) is 5.69 Å². The van der Waals surface area contributed by atoms with Crippen molar-refractivity contribution in [2.75, 3.05) is 11.4 Å². The van der Waals surface area contributed by atoms with Gasteiger partial charge in [0.1, 0.15) is 5.82 Å². The van der Waals surface area contributed by atoms with Gasteiger partial charge < -0.3 is 4.90 Å². The maximum Gasteiger partial charge on any atom is 0.129 e. The summed E-state index contributed by atoms with van der Waals surface area (Å²) in [6.45, 7) is 7.76. The lowest BCUT2D eigenvalue weighted by Gasteiger charge is -2.25. The van der Waals surface area contributed by atoms with E-state index in [9.17, 15) is 0 Å². The molecule has 1 aromatic heterocycles. The highest BCUT2D eigenvalue weighted by atomic mass is 79.9. The largest absolute Gasteiger partial charge is 0.354 e. The van der Waals surface area contributed by atoms with Crippen LogP contribution in [0.5, 0.6) is 0 Å². The molecule has 94 valence electrons. The van der Waals surface area contributed by atoms with Crippen molar-refractivity contribution < 1.29 is 0 Å². The maximum atomic E-state index is 4.69. The Kier molecular flexibility index (Phi) is 4.08. The summed E-state index contributed by atoms with van der Waals surface area (Å²) in [6.07, 6.45) is 3.90. The number of hydrogen-bond acceptors (Lipinski definition) is 2. The molecule has 1 aliphatic carbocycles. The van der Waals surface area contributed by atoms with Crippen LogP contribution >= 0.6 is 15.9 Å². The fraction of sp³-hybridized carbons (Fsp3) is 0.643. The molecule has 0 atom stereocenters. The van der Waals surface area contributed by atoms with Crippen LogP contribution in [0.2, 0.25) is 0 Å². The molecule has 0 bridgehead atoms. The van der Waals surface area contributed by atoms with Crippen LogP contribution in [0.4, 0.5) is 5.82 Å². The van der Waals surface area contributed by atoms with Crippen molar-refractivity contribution in [2.45, 2.75) is 46.1 Å². The summed E-state index contributed by atoms with van der Waals surface area (Å²) in [5.41, 5.74) is 1.08. The summed E-state index contributed by atoms with van der Waals surface area (Å²) >= 11 is 3.51. The third-order valence-electron chi connectivity index (χ3n) is 3.24. The van der Waals surface area contributed by atoms with Gasteiger partial charge in [-0.25, -0.2) is 4.98 Å². The standard InChI is InChI=1S/C14H21BrN2/c1-10(2)8-9-17(12-4-5-12)14-7-6-13(15)11(3)16-14/h6-7,10,12H,4-5,8-9H2,1-3H3. The van der Waals surface area contributed by atoms with Gasteiger partial charge >= 0.3 is 0 Å². The van der Waals surface area contributed by atoms with Crippen molar-refractivity contribution in [1.29, 1.82) is 0 Å². The third-order valence-corrected chi connectivity index (χ3v) is 4.07. The number of anilines is 1. The van der Waals surface area contributed by atoms with Gasteiger partial charge in [0.15, 0.2) is 0 Å². The molecule has 0 radical (unpaired) electrons. The van der Waals surface area contributed by atoms with Crippen molar-refractivity contribution in [3.8, 4) is 0 Å². The average molecular weight is 297 g/mol. The molecule has 2 rings (SSSR count). The Morgan fingerprint density at radius 3 is 2.65 bits per heavy atom. The van der Waals surface area contributed by atoms with Crippen molar-refractivity contribution in [3.63, 3.8) is 0 Å². The predicted molar refractivity (Wildman–Crippen MR) is 76.5 cm³/mol. The van der Waals surface area contributed by atoms with Crippen LogP contribution in [0.25, 0.3) is 0 Å². The molecule has 3 heteroatoms. The summed E-state index contributed by atoms with van der Waals surface area (Å²) in [4.78, 5) is 7.18. The highest BCUT2D eigenvalue weighted by Crippen LogP contribution is 2.32. The van der Waals surface area contributed by atoms with E-state index >= 15 is 0 Å². The molecule has 0 spiro atoms. The fourth-order valence-corrected chi connectivity index (χ4v) is 2.18. The number of aryl methyl sites for hydroxylation is 1. The lowest BCUT2D eigenvalue weighted by Crippen LogP contribution is -2.28. The van der Waals surface area contributed by atoms with Gasteiger partial charge in [-0.2, -0.15) is 0 Å². The second-order valence-electron chi connectivity index (χ2n) is 5.34. The highest BCUT2D eigenvalue weighted by Gasteiger charge is 2.29. The van der Waals surface area contributed by atoms with Gasteiger partial charge in [-0.3, -0.25) is 0 Å². The second kappa shape index (κ2) is 5.38. The Morgan fingerprint density at radius 2 is 2.12 bits per heavy atom. The van der Waals surface area contributed by atoms with Gasteiger partial charge in [0.2, 0.25) is 0 Å². The minimum Gasteiger partial charge on any atom is -0.354 e. The summed E-state index contributed by atoms with van der Waals surface area (Å²) in [5, 5.41) is 0. The fourth-order valence-electron chi connectivity index (χ4n) is 1.96. The lowest BCUT2D eigenvalue weighted by molar-refractivity contribution is 0.568.